The molecule has 3 heteroatoms. The van der Waals surface area contributed by atoms with E-state index in [9.17, 15) is 4.79 Å². The number of hydrogen-bond acceptors (Lipinski definition) is 2. The van der Waals surface area contributed by atoms with Crippen LogP contribution in [-0.4, -0.2) is 19.1 Å². The van der Waals surface area contributed by atoms with Crippen LogP contribution in [0.3, 0.4) is 0 Å². The maximum atomic E-state index is 11.6. The molecule has 18 heavy (non-hydrogen) atoms. The molecule has 100 valence electrons. The summed E-state index contributed by atoms with van der Waals surface area (Å²) in [5.74, 6) is 0.0978. The van der Waals surface area contributed by atoms with E-state index in [1.165, 1.54) is 11.1 Å². The maximum Gasteiger partial charge on any atom is 0.220 e. The van der Waals surface area contributed by atoms with Crippen LogP contribution in [0.5, 0.6) is 0 Å². The number of benzene rings is 1. The summed E-state index contributed by atoms with van der Waals surface area (Å²) in [4.78, 5) is 11.6. The normalized spacial score (nSPS) is 10.3. The van der Waals surface area contributed by atoms with Crippen LogP contribution in [0.2, 0.25) is 0 Å². The Hall–Kier alpha value is -1.35. The first-order valence-electron chi connectivity index (χ1n) is 6.69. The van der Waals surface area contributed by atoms with Crippen LogP contribution in [0.15, 0.2) is 24.3 Å². The van der Waals surface area contributed by atoms with Gasteiger partial charge in [0.05, 0.1) is 0 Å². The highest BCUT2D eigenvalue weighted by atomic mass is 16.5. The van der Waals surface area contributed by atoms with Gasteiger partial charge in [0.15, 0.2) is 0 Å². The molecule has 1 aromatic rings. The van der Waals surface area contributed by atoms with Gasteiger partial charge >= 0.3 is 0 Å². The second-order valence-electron chi connectivity index (χ2n) is 4.20. The number of nitrogens with one attached hydrogen (secondary N) is 1. The highest BCUT2D eigenvalue weighted by molar-refractivity contribution is 5.75. The van der Waals surface area contributed by atoms with Crippen LogP contribution in [0.25, 0.3) is 0 Å². The third-order valence-corrected chi connectivity index (χ3v) is 2.87. The summed E-state index contributed by atoms with van der Waals surface area (Å²) >= 11 is 0. The van der Waals surface area contributed by atoms with E-state index in [0.717, 1.165) is 12.8 Å². The number of carbonyl (C=O) groups excluding carboxylic acids is 1. The SMILES string of the molecule is CCOCCCC(=O)NCc1ccccc1CC. The summed E-state index contributed by atoms with van der Waals surface area (Å²) in [7, 11) is 0. The molecule has 0 bridgehead atoms. The van der Waals surface area contributed by atoms with Gasteiger partial charge in [0, 0.05) is 26.2 Å². The molecule has 0 unspecified atom stereocenters. The Kier molecular flexibility index (Phi) is 7.11. The molecule has 0 saturated carbocycles. The van der Waals surface area contributed by atoms with Crippen molar-refractivity contribution in [3.63, 3.8) is 0 Å². The Morgan fingerprint density at radius 3 is 2.61 bits per heavy atom. The summed E-state index contributed by atoms with van der Waals surface area (Å²) in [6, 6.07) is 8.22. The van der Waals surface area contributed by atoms with E-state index < -0.39 is 0 Å². The van der Waals surface area contributed by atoms with Gasteiger partial charge in [-0.05, 0) is 30.9 Å². The maximum absolute atomic E-state index is 11.6. The molecule has 0 radical (unpaired) electrons. The van der Waals surface area contributed by atoms with Gasteiger partial charge in [0.2, 0.25) is 5.91 Å². The lowest BCUT2D eigenvalue weighted by atomic mass is 10.1. The lowest BCUT2D eigenvalue weighted by Gasteiger charge is -2.09. The number of amides is 1. The molecule has 0 aliphatic carbocycles. The van der Waals surface area contributed by atoms with Gasteiger partial charge in [0.25, 0.3) is 0 Å². The van der Waals surface area contributed by atoms with E-state index in [4.69, 9.17) is 4.74 Å². The van der Waals surface area contributed by atoms with Gasteiger partial charge in [-0.2, -0.15) is 0 Å². The Balaban J connectivity index is 2.29. The Labute approximate surface area is 110 Å². The average molecular weight is 249 g/mol. The van der Waals surface area contributed by atoms with Gasteiger partial charge in [-0.3, -0.25) is 4.79 Å². The van der Waals surface area contributed by atoms with E-state index in [2.05, 4.69) is 24.4 Å². The zero-order chi connectivity index (χ0) is 13.2. The summed E-state index contributed by atoms with van der Waals surface area (Å²) in [6.07, 6.45) is 2.32. The minimum atomic E-state index is 0.0978. The second kappa shape index (κ2) is 8.70. The van der Waals surface area contributed by atoms with Crippen molar-refractivity contribution in [2.75, 3.05) is 13.2 Å². The highest BCUT2D eigenvalue weighted by Crippen LogP contribution is 2.08. The number of rotatable bonds is 8. The summed E-state index contributed by atoms with van der Waals surface area (Å²) in [5.41, 5.74) is 2.50. The first-order chi connectivity index (χ1) is 8.77. The molecule has 1 N–H and O–H groups in total. The van der Waals surface area contributed by atoms with Crippen molar-refractivity contribution >= 4 is 5.91 Å². The largest absolute Gasteiger partial charge is 0.382 e. The topological polar surface area (TPSA) is 38.3 Å². The minimum absolute atomic E-state index is 0.0978. The zero-order valence-corrected chi connectivity index (χ0v) is 11.4. The monoisotopic (exact) mass is 249 g/mol. The molecule has 1 rings (SSSR count). The van der Waals surface area contributed by atoms with Crippen LogP contribution < -0.4 is 5.32 Å². The van der Waals surface area contributed by atoms with Crippen LogP contribution in [-0.2, 0) is 22.5 Å². The molecular weight excluding hydrogens is 226 g/mol. The smallest absolute Gasteiger partial charge is 0.220 e. The second-order valence-corrected chi connectivity index (χ2v) is 4.20. The van der Waals surface area contributed by atoms with Crippen molar-refractivity contribution in [1.29, 1.82) is 0 Å². The molecule has 0 spiro atoms. The summed E-state index contributed by atoms with van der Waals surface area (Å²) < 4.78 is 5.20. The molecule has 0 aliphatic rings. The van der Waals surface area contributed by atoms with Crippen LogP contribution in [0.1, 0.15) is 37.8 Å². The van der Waals surface area contributed by atoms with E-state index >= 15 is 0 Å². The molecular formula is C15H23NO2. The Bertz CT molecular complexity index is 363. The number of ether oxygens (including phenoxy) is 1. The highest BCUT2D eigenvalue weighted by Gasteiger charge is 2.03. The molecule has 0 fully saturated rings. The molecule has 0 atom stereocenters. The van der Waals surface area contributed by atoms with Crippen molar-refractivity contribution in [2.45, 2.75) is 39.7 Å². The Morgan fingerprint density at radius 1 is 1.22 bits per heavy atom. The third-order valence-electron chi connectivity index (χ3n) is 2.87. The average Bonchev–Trinajstić information content (AvgIpc) is 2.41. The molecule has 1 aromatic carbocycles. The van der Waals surface area contributed by atoms with Gasteiger partial charge in [0.1, 0.15) is 0 Å². The predicted molar refractivity (Wildman–Crippen MR) is 73.4 cm³/mol. The van der Waals surface area contributed by atoms with Crippen LogP contribution >= 0.6 is 0 Å². The van der Waals surface area contributed by atoms with Gasteiger partial charge in [-0.1, -0.05) is 31.2 Å². The number of hydrogen-bond donors (Lipinski definition) is 1. The predicted octanol–water partition coefficient (Wildman–Crippen LogP) is 2.68. The molecule has 0 aromatic heterocycles. The molecule has 0 aliphatic heterocycles. The minimum Gasteiger partial charge on any atom is -0.382 e. The summed E-state index contributed by atoms with van der Waals surface area (Å²) in [6.45, 7) is 6.09. The van der Waals surface area contributed by atoms with E-state index in [1.807, 2.05) is 19.1 Å². The fraction of sp³-hybridized carbons (Fsp3) is 0.533. The summed E-state index contributed by atoms with van der Waals surface area (Å²) in [5, 5.41) is 2.96. The molecule has 3 nitrogen and oxygen atoms in total. The zero-order valence-electron chi connectivity index (χ0n) is 11.4. The quantitative estimate of drug-likeness (QED) is 0.719. The lowest BCUT2D eigenvalue weighted by Crippen LogP contribution is -2.23. The van der Waals surface area contributed by atoms with Gasteiger partial charge in [-0.25, -0.2) is 0 Å². The lowest BCUT2D eigenvalue weighted by molar-refractivity contribution is -0.121. The van der Waals surface area contributed by atoms with Crippen molar-refractivity contribution in [1.82, 2.24) is 5.32 Å². The van der Waals surface area contributed by atoms with Crippen molar-refractivity contribution in [3.8, 4) is 0 Å². The number of aryl methyl sites for hydroxylation is 1. The van der Waals surface area contributed by atoms with Gasteiger partial charge in [-0.15, -0.1) is 0 Å². The Morgan fingerprint density at radius 2 is 1.94 bits per heavy atom. The molecule has 1 amide bonds. The van der Waals surface area contributed by atoms with Crippen LogP contribution in [0, 0.1) is 0 Å². The van der Waals surface area contributed by atoms with Crippen molar-refractivity contribution in [2.24, 2.45) is 0 Å². The van der Waals surface area contributed by atoms with Gasteiger partial charge < -0.3 is 10.1 Å². The van der Waals surface area contributed by atoms with Crippen molar-refractivity contribution in [3.05, 3.63) is 35.4 Å². The van der Waals surface area contributed by atoms with Crippen molar-refractivity contribution < 1.29 is 9.53 Å². The van der Waals surface area contributed by atoms with E-state index in [-0.39, 0.29) is 5.91 Å². The first-order valence-corrected chi connectivity index (χ1v) is 6.69. The van der Waals surface area contributed by atoms with E-state index in [1.54, 1.807) is 0 Å². The fourth-order valence-electron chi connectivity index (χ4n) is 1.84. The molecule has 0 heterocycles. The molecule has 0 saturated heterocycles. The fourth-order valence-corrected chi connectivity index (χ4v) is 1.84. The standard InChI is InChI=1S/C15H23NO2/c1-3-13-8-5-6-9-14(13)12-16-15(17)10-7-11-18-4-2/h5-6,8-9H,3-4,7,10-12H2,1-2H3,(H,16,17). The number of carbonyl (C=O) groups is 1. The first kappa shape index (κ1) is 14.7. The van der Waals surface area contributed by atoms with Crippen LogP contribution in [0.4, 0.5) is 0 Å². The third kappa shape index (κ3) is 5.32. The van der Waals surface area contributed by atoms with E-state index in [0.29, 0.717) is 26.2 Å².